The van der Waals surface area contributed by atoms with Gasteiger partial charge in [-0.15, -0.1) is 0 Å². The summed E-state index contributed by atoms with van der Waals surface area (Å²) in [6.45, 7) is 5.30. The van der Waals surface area contributed by atoms with Crippen molar-refractivity contribution in [2.75, 3.05) is 12.0 Å². The van der Waals surface area contributed by atoms with Crippen LogP contribution in [0.1, 0.15) is 31.1 Å². The average molecular weight is 422 g/mol. The van der Waals surface area contributed by atoms with Crippen LogP contribution in [0.25, 0.3) is 11.3 Å². The molecule has 0 unspecified atom stereocenters. The quantitative estimate of drug-likeness (QED) is 0.646. The number of ether oxygens (including phenoxy) is 2. The van der Waals surface area contributed by atoms with Crippen LogP contribution in [-0.2, 0) is 4.74 Å². The molecular formula is C22H22N4O5. The Morgan fingerprint density at radius 2 is 1.68 bits per heavy atom. The highest BCUT2D eigenvalue weighted by molar-refractivity contribution is 5.95. The van der Waals surface area contributed by atoms with Gasteiger partial charge in [-0.25, -0.2) is 19.5 Å². The first-order valence-electron chi connectivity index (χ1n) is 9.36. The predicted octanol–water partition coefficient (Wildman–Crippen LogP) is 4.32. The van der Waals surface area contributed by atoms with E-state index in [0.717, 1.165) is 0 Å². The van der Waals surface area contributed by atoms with Gasteiger partial charge in [0.2, 0.25) is 0 Å². The van der Waals surface area contributed by atoms with Crippen molar-refractivity contribution in [3.05, 3.63) is 60.7 Å². The number of carboxylic acids is 1. The van der Waals surface area contributed by atoms with E-state index in [-0.39, 0.29) is 11.4 Å². The van der Waals surface area contributed by atoms with Gasteiger partial charge in [0.05, 0.1) is 36.4 Å². The van der Waals surface area contributed by atoms with Crippen LogP contribution in [0.4, 0.5) is 16.3 Å². The summed E-state index contributed by atoms with van der Waals surface area (Å²) in [5.41, 5.74) is 0.595. The highest BCUT2D eigenvalue weighted by Gasteiger charge is 2.26. The molecule has 0 atom stereocenters. The average Bonchev–Trinajstić information content (AvgIpc) is 2.73. The number of methoxy groups -OCH3 is 1. The number of nitrogens with zero attached hydrogens (tertiary/aromatic N) is 4. The Balaban J connectivity index is 2.06. The lowest BCUT2D eigenvalue weighted by molar-refractivity contribution is 0.0597. The summed E-state index contributed by atoms with van der Waals surface area (Å²) in [5, 5.41) is 9.22. The molecule has 0 saturated carbocycles. The Kier molecular flexibility index (Phi) is 6.15. The molecule has 9 heteroatoms. The van der Waals surface area contributed by atoms with Crippen molar-refractivity contribution >= 4 is 23.6 Å². The minimum absolute atomic E-state index is 0.0175. The Hall–Kier alpha value is -4.01. The number of aromatic nitrogens is 3. The van der Waals surface area contributed by atoms with Crippen molar-refractivity contribution in [3.63, 3.8) is 0 Å². The molecule has 0 radical (unpaired) electrons. The normalized spacial score (nSPS) is 11.0. The molecule has 1 amide bonds. The van der Waals surface area contributed by atoms with Crippen LogP contribution in [0.2, 0.25) is 0 Å². The van der Waals surface area contributed by atoms with E-state index in [4.69, 9.17) is 9.47 Å². The van der Waals surface area contributed by atoms with Gasteiger partial charge in [0.25, 0.3) is 0 Å². The van der Waals surface area contributed by atoms with E-state index in [2.05, 4.69) is 15.0 Å². The summed E-state index contributed by atoms with van der Waals surface area (Å²) >= 11 is 0. The van der Waals surface area contributed by atoms with E-state index < -0.39 is 17.7 Å². The molecule has 2 aromatic heterocycles. The lowest BCUT2D eigenvalue weighted by Crippen LogP contribution is -2.34. The molecule has 1 aromatic carbocycles. The molecule has 3 rings (SSSR count). The van der Waals surface area contributed by atoms with Gasteiger partial charge in [-0.2, -0.15) is 0 Å². The van der Waals surface area contributed by atoms with Crippen molar-refractivity contribution in [1.82, 2.24) is 15.0 Å². The van der Waals surface area contributed by atoms with Crippen LogP contribution in [0.5, 0.6) is 5.75 Å². The second kappa shape index (κ2) is 8.78. The molecule has 9 nitrogen and oxygen atoms in total. The molecule has 0 saturated heterocycles. The van der Waals surface area contributed by atoms with E-state index in [9.17, 15) is 14.7 Å². The second-order valence-corrected chi connectivity index (χ2v) is 7.54. The summed E-state index contributed by atoms with van der Waals surface area (Å²) in [5.74, 6) is -0.269. The highest BCUT2D eigenvalue weighted by atomic mass is 16.6. The van der Waals surface area contributed by atoms with Gasteiger partial charge in [-0.05, 0) is 51.1 Å². The number of rotatable bonds is 5. The maximum absolute atomic E-state index is 13.0. The Labute approximate surface area is 179 Å². The number of pyridine rings is 1. The zero-order valence-corrected chi connectivity index (χ0v) is 17.6. The van der Waals surface area contributed by atoms with E-state index in [0.29, 0.717) is 22.7 Å². The number of hydrogen-bond acceptors (Lipinski definition) is 7. The molecule has 3 aromatic rings. The molecule has 0 aliphatic heterocycles. The summed E-state index contributed by atoms with van der Waals surface area (Å²) in [4.78, 5) is 38.2. The van der Waals surface area contributed by atoms with Gasteiger partial charge < -0.3 is 14.6 Å². The van der Waals surface area contributed by atoms with Crippen LogP contribution < -0.4 is 9.64 Å². The van der Waals surface area contributed by atoms with Gasteiger partial charge in [-0.3, -0.25) is 9.97 Å². The van der Waals surface area contributed by atoms with Crippen molar-refractivity contribution in [1.29, 1.82) is 0 Å². The highest BCUT2D eigenvalue weighted by Crippen LogP contribution is 2.29. The molecule has 0 spiro atoms. The fourth-order valence-electron chi connectivity index (χ4n) is 2.67. The van der Waals surface area contributed by atoms with Crippen molar-refractivity contribution in [3.8, 4) is 17.0 Å². The van der Waals surface area contributed by atoms with Gasteiger partial charge in [0, 0.05) is 18.0 Å². The zero-order valence-electron chi connectivity index (χ0n) is 17.6. The number of hydrogen-bond donors (Lipinski definition) is 1. The molecule has 31 heavy (non-hydrogen) atoms. The standard InChI is InChI=1S/C22H22N4O5/c1-22(2,3)31-21(29)26(16-5-7-17(30-4)8-6-16)19-13-24-12-18(25-19)14-9-15(20(27)28)11-23-10-14/h5-13H,1-4H3,(H,27,28). The number of benzene rings is 1. The fourth-order valence-corrected chi connectivity index (χ4v) is 2.67. The van der Waals surface area contributed by atoms with Crippen LogP contribution in [0.15, 0.2) is 55.1 Å². The minimum atomic E-state index is -1.10. The maximum Gasteiger partial charge on any atom is 0.420 e. The number of aromatic carboxylic acids is 1. The molecule has 0 aliphatic rings. The molecule has 0 fully saturated rings. The van der Waals surface area contributed by atoms with Gasteiger partial charge in [0.15, 0.2) is 5.82 Å². The second-order valence-electron chi connectivity index (χ2n) is 7.54. The third-order valence-corrected chi connectivity index (χ3v) is 4.04. The number of amides is 1. The zero-order chi connectivity index (χ0) is 22.6. The van der Waals surface area contributed by atoms with Crippen molar-refractivity contribution in [2.24, 2.45) is 0 Å². The summed E-state index contributed by atoms with van der Waals surface area (Å²) < 4.78 is 10.7. The van der Waals surface area contributed by atoms with Gasteiger partial charge in [-0.1, -0.05) is 0 Å². The topological polar surface area (TPSA) is 115 Å². The molecule has 1 N–H and O–H groups in total. The lowest BCUT2D eigenvalue weighted by Gasteiger charge is -2.27. The number of carboxylic acid groups (broad SMARTS) is 1. The third-order valence-electron chi connectivity index (χ3n) is 4.04. The van der Waals surface area contributed by atoms with Crippen molar-refractivity contribution < 1.29 is 24.2 Å². The van der Waals surface area contributed by atoms with E-state index in [1.165, 1.54) is 35.8 Å². The monoisotopic (exact) mass is 422 g/mol. The van der Waals surface area contributed by atoms with Gasteiger partial charge in [0.1, 0.15) is 11.4 Å². The fraction of sp³-hybridized carbons (Fsp3) is 0.227. The molecule has 0 aliphatic carbocycles. The summed E-state index contributed by atoms with van der Waals surface area (Å²) in [7, 11) is 1.55. The smallest absolute Gasteiger partial charge is 0.420 e. The Morgan fingerprint density at radius 1 is 1.00 bits per heavy atom. The van der Waals surface area contributed by atoms with Gasteiger partial charge >= 0.3 is 12.1 Å². The Morgan fingerprint density at radius 3 is 2.29 bits per heavy atom. The van der Waals surface area contributed by atoms with Crippen LogP contribution in [-0.4, -0.2) is 44.8 Å². The first kappa shape index (κ1) is 21.7. The van der Waals surface area contributed by atoms with Crippen LogP contribution in [0, 0.1) is 0 Å². The predicted molar refractivity (Wildman–Crippen MR) is 114 cm³/mol. The molecule has 160 valence electrons. The Bertz CT molecular complexity index is 1090. The van der Waals surface area contributed by atoms with Crippen LogP contribution in [0.3, 0.4) is 0 Å². The van der Waals surface area contributed by atoms with Crippen molar-refractivity contribution in [2.45, 2.75) is 26.4 Å². The molecule has 2 heterocycles. The first-order chi connectivity index (χ1) is 14.7. The lowest BCUT2D eigenvalue weighted by atomic mass is 10.1. The largest absolute Gasteiger partial charge is 0.497 e. The third kappa shape index (κ3) is 5.33. The molecule has 0 bridgehead atoms. The number of carbonyl (C=O) groups excluding carboxylic acids is 1. The van der Waals surface area contributed by atoms with E-state index >= 15 is 0 Å². The SMILES string of the molecule is COc1ccc(N(C(=O)OC(C)(C)C)c2cncc(-c3cncc(C(=O)O)c3)n2)cc1. The number of carbonyl (C=O) groups is 2. The summed E-state index contributed by atoms with van der Waals surface area (Å²) in [6, 6.07) is 8.26. The van der Waals surface area contributed by atoms with Crippen LogP contribution >= 0.6 is 0 Å². The minimum Gasteiger partial charge on any atom is -0.497 e. The maximum atomic E-state index is 13.0. The first-order valence-corrected chi connectivity index (χ1v) is 9.36. The molecular weight excluding hydrogens is 400 g/mol. The van der Waals surface area contributed by atoms with E-state index in [1.807, 2.05) is 0 Å². The number of anilines is 2. The summed E-state index contributed by atoms with van der Waals surface area (Å²) in [6.07, 6.45) is 4.97. The van der Waals surface area contributed by atoms with E-state index in [1.54, 1.807) is 52.1 Å².